The third-order valence-corrected chi connectivity index (χ3v) is 6.95. The topological polar surface area (TPSA) is 69.9 Å². The maximum absolute atomic E-state index is 13.4. The number of likely N-dealkylation sites (tertiary alicyclic amines) is 1. The fraction of sp³-hybridized carbons (Fsp3) is 0.458. The number of piperidine rings is 1. The highest BCUT2D eigenvalue weighted by atomic mass is 35.5. The maximum atomic E-state index is 13.4. The Morgan fingerprint density at radius 3 is 2.44 bits per heavy atom. The summed E-state index contributed by atoms with van der Waals surface area (Å²) in [6.45, 7) is 6.49. The van der Waals surface area contributed by atoms with Gasteiger partial charge in [-0.1, -0.05) is 30.2 Å². The van der Waals surface area contributed by atoms with Crippen LogP contribution in [-0.4, -0.2) is 59.4 Å². The predicted molar refractivity (Wildman–Crippen MR) is 126 cm³/mol. The molecule has 2 heterocycles. The van der Waals surface area contributed by atoms with Crippen molar-refractivity contribution in [1.29, 1.82) is 0 Å². The minimum absolute atomic E-state index is 0.0781. The molecule has 2 aliphatic rings. The summed E-state index contributed by atoms with van der Waals surface area (Å²) in [4.78, 5) is 30.4. The van der Waals surface area contributed by atoms with Crippen LogP contribution in [0, 0.1) is 17.0 Å². The van der Waals surface area contributed by atoms with Gasteiger partial charge in [0.1, 0.15) is 0 Å². The summed E-state index contributed by atoms with van der Waals surface area (Å²) in [5.41, 5.74) is 3.30. The van der Waals surface area contributed by atoms with Crippen LogP contribution in [0.1, 0.15) is 30.4 Å². The standard InChI is InChI=1S/C24H29ClN4O3/c1-18-16-19(5-10-22(18)25)17-28-11-3-2-4-23(28)24(30)27-14-12-26(13-15-27)20-6-8-21(9-7-20)29(31)32/h5-10,16,23H,2-4,11-15,17H2,1H3. The normalized spacial score (nSPS) is 19.8. The van der Waals surface area contributed by atoms with Crippen LogP contribution in [0.5, 0.6) is 0 Å². The molecule has 2 aliphatic heterocycles. The molecule has 0 spiro atoms. The largest absolute Gasteiger partial charge is 0.368 e. The number of anilines is 1. The van der Waals surface area contributed by atoms with Crippen molar-refractivity contribution in [3.63, 3.8) is 0 Å². The predicted octanol–water partition coefficient (Wildman–Crippen LogP) is 4.26. The molecule has 1 unspecified atom stereocenters. The number of hydrogen-bond donors (Lipinski definition) is 0. The zero-order chi connectivity index (χ0) is 22.7. The highest BCUT2D eigenvalue weighted by Crippen LogP contribution is 2.25. The minimum Gasteiger partial charge on any atom is -0.368 e. The van der Waals surface area contributed by atoms with Gasteiger partial charge in [0, 0.05) is 55.6 Å². The second-order valence-electron chi connectivity index (χ2n) is 8.65. The lowest BCUT2D eigenvalue weighted by molar-refractivity contribution is -0.384. The Morgan fingerprint density at radius 2 is 1.78 bits per heavy atom. The molecule has 2 saturated heterocycles. The molecule has 0 aromatic heterocycles. The van der Waals surface area contributed by atoms with E-state index in [2.05, 4.69) is 21.9 Å². The number of aryl methyl sites for hydroxylation is 1. The van der Waals surface area contributed by atoms with E-state index in [9.17, 15) is 14.9 Å². The van der Waals surface area contributed by atoms with E-state index in [1.807, 2.05) is 17.9 Å². The van der Waals surface area contributed by atoms with Gasteiger partial charge >= 0.3 is 0 Å². The van der Waals surface area contributed by atoms with Gasteiger partial charge in [0.2, 0.25) is 5.91 Å². The molecule has 2 aromatic carbocycles. The SMILES string of the molecule is Cc1cc(CN2CCCCC2C(=O)N2CCN(c3ccc([N+](=O)[O-])cc3)CC2)ccc1Cl. The van der Waals surface area contributed by atoms with Gasteiger partial charge in [-0.2, -0.15) is 0 Å². The first-order chi connectivity index (χ1) is 15.4. The van der Waals surface area contributed by atoms with Gasteiger partial charge < -0.3 is 9.80 Å². The van der Waals surface area contributed by atoms with Crippen molar-refractivity contribution in [3.05, 3.63) is 68.7 Å². The zero-order valence-corrected chi connectivity index (χ0v) is 19.1. The average Bonchev–Trinajstić information content (AvgIpc) is 2.81. The van der Waals surface area contributed by atoms with E-state index in [4.69, 9.17) is 11.6 Å². The number of non-ortho nitro benzene ring substituents is 1. The van der Waals surface area contributed by atoms with E-state index in [0.717, 1.165) is 61.7 Å². The van der Waals surface area contributed by atoms with E-state index in [0.29, 0.717) is 13.1 Å². The first kappa shape index (κ1) is 22.6. The first-order valence-electron chi connectivity index (χ1n) is 11.2. The lowest BCUT2D eigenvalue weighted by atomic mass is 9.99. The molecule has 7 nitrogen and oxygen atoms in total. The number of carbonyl (C=O) groups excluding carboxylic acids is 1. The van der Waals surface area contributed by atoms with Crippen LogP contribution in [-0.2, 0) is 11.3 Å². The Balaban J connectivity index is 1.37. The fourth-order valence-electron chi connectivity index (χ4n) is 4.68. The molecule has 1 amide bonds. The summed E-state index contributed by atoms with van der Waals surface area (Å²) < 4.78 is 0. The maximum Gasteiger partial charge on any atom is 0.269 e. The number of nitro groups is 1. The molecular formula is C24H29ClN4O3. The smallest absolute Gasteiger partial charge is 0.269 e. The van der Waals surface area contributed by atoms with E-state index in [1.54, 1.807) is 12.1 Å². The van der Waals surface area contributed by atoms with E-state index in [1.165, 1.54) is 17.7 Å². The van der Waals surface area contributed by atoms with Gasteiger partial charge in [0.25, 0.3) is 5.69 Å². The molecule has 170 valence electrons. The summed E-state index contributed by atoms with van der Waals surface area (Å²) in [5.74, 6) is 0.221. The lowest BCUT2D eigenvalue weighted by Crippen LogP contribution is -2.56. The molecular weight excluding hydrogens is 428 g/mol. The second kappa shape index (κ2) is 9.88. The number of rotatable bonds is 5. The molecule has 0 bridgehead atoms. The van der Waals surface area contributed by atoms with Gasteiger partial charge in [0.15, 0.2) is 0 Å². The molecule has 32 heavy (non-hydrogen) atoms. The average molecular weight is 457 g/mol. The van der Waals surface area contributed by atoms with Crippen molar-refractivity contribution in [2.45, 2.75) is 38.8 Å². The molecule has 8 heteroatoms. The number of hydrogen-bond acceptors (Lipinski definition) is 5. The number of carbonyl (C=O) groups is 1. The summed E-state index contributed by atoms with van der Waals surface area (Å²) >= 11 is 6.17. The molecule has 0 aliphatic carbocycles. The van der Waals surface area contributed by atoms with Gasteiger partial charge in [-0.25, -0.2) is 0 Å². The van der Waals surface area contributed by atoms with Crippen LogP contribution in [0.4, 0.5) is 11.4 Å². The summed E-state index contributed by atoms with van der Waals surface area (Å²) in [5, 5.41) is 11.6. The number of nitro benzene ring substituents is 1. The van der Waals surface area contributed by atoms with Crippen molar-refractivity contribution in [1.82, 2.24) is 9.80 Å². The first-order valence-corrected chi connectivity index (χ1v) is 11.6. The highest BCUT2D eigenvalue weighted by Gasteiger charge is 2.33. The van der Waals surface area contributed by atoms with E-state index >= 15 is 0 Å². The molecule has 1 atom stereocenters. The number of amides is 1. The van der Waals surface area contributed by atoms with Gasteiger partial charge in [-0.15, -0.1) is 0 Å². The number of piperazine rings is 1. The third kappa shape index (κ3) is 5.05. The minimum atomic E-state index is -0.387. The quantitative estimate of drug-likeness (QED) is 0.496. The van der Waals surface area contributed by atoms with Crippen LogP contribution in [0.2, 0.25) is 5.02 Å². The van der Waals surface area contributed by atoms with Crippen LogP contribution in [0.15, 0.2) is 42.5 Å². The molecule has 0 saturated carbocycles. The Labute approximate surface area is 193 Å². The number of halogens is 1. The molecule has 0 N–H and O–H groups in total. The Hall–Kier alpha value is -2.64. The van der Waals surface area contributed by atoms with Crippen molar-refractivity contribution >= 4 is 28.9 Å². The Bertz CT molecular complexity index is 974. The van der Waals surface area contributed by atoms with Crippen LogP contribution in [0.3, 0.4) is 0 Å². The van der Waals surface area contributed by atoms with Crippen molar-refractivity contribution < 1.29 is 9.72 Å². The van der Waals surface area contributed by atoms with E-state index in [-0.39, 0.29) is 22.6 Å². The molecule has 2 fully saturated rings. The van der Waals surface area contributed by atoms with Gasteiger partial charge in [0.05, 0.1) is 11.0 Å². The Kier molecular flexibility index (Phi) is 6.96. The van der Waals surface area contributed by atoms with Gasteiger partial charge in [-0.3, -0.25) is 19.8 Å². The van der Waals surface area contributed by atoms with Crippen LogP contribution < -0.4 is 4.90 Å². The Morgan fingerprint density at radius 1 is 1.06 bits per heavy atom. The molecule has 4 rings (SSSR count). The van der Waals surface area contributed by atoms with Crippen molar-refractivity contribution in [2.24, 2.45) is 0 Å². The van der Waals surface area contributed by atoms with Gasteiger partial charge in [-0.05, 0) is 55.6 Å². The zero-order valence-electron chi connectivity index (χ0n) is 18.4. The third-order valence-electron chi connectivity index (χ3n) is 6.52. The van der Waals surface area contributed by atoms with Crippen LogP contribution in [0.25, 0.3) is 0 Å². The fourth-order valence-corrected chi connectivity index (χ4v) is 4.80. The van der Waals surface area contributed by atoms with Crippen molar-refractivity contribution in [3.8, 4) is 0 Å². The van der Waals surface area contributed by atoms with E-state index < -0.39 is 0 Å². The second-order valence-corrected chi connectivity index (χ2v) is 9.06. The van der Waals surface area contributed by atoms with Crippen LogP contribution >= 0.6 is 11.6 Å². The number of benzene rings is 2. The lowest BCUT2D eigenvalue weighted by Gasteiger charge is -2.41. The summed E-state index contributed by atoms with van der Waals surface area (Å²) in [6.07, 6.45) is 3.09. The monoisotopic (exact) mass is 456 g/mol. The molecule has 0 radical (unpaired) electrons. The van der Waals surface area contributed by atoms with Crippen molar-refractivity contribution in [2.75, 3.05) is 37.6 Å². The number of nitrogens with zero attached hydrogens (tertiary/aromatic N) is 4. The molecule has 2 aromatic rings. The summed E-state index contributed by atoms with van der Waals surface area (Å²) in [6, 6.07) is 12.7. The highest BCUT2D eigenvalue weighted by molar-refractivity contribution is 6.31. The summed E-state index contributed by atoms with van der Waals surface area (Å²) in [7, 11) is 0.